The summed E-state index contributed by atoms with van der Waals surface area (Å²) in [6, 6.07) is -0.955. The van der Waals surface area contributed by atoms with E-state index < -0.39 is 12.0 Å². The highest BCUT2D eigenvalue weighted by Crippen LogP contribution is 2.25. The number of hydrogen-bond acceptors (Lipinski definition) is 3. The first-order valence-electron chi connectivity index (χ1n) is 4.33. The summed E-state index contributed by atoms with van der Waals surface area (Å²) in [6.07, 6.45) is 2.78. The lowest BCUT2D eigenvalue weighted by Crippen LogP contribution is -2.48. The van der Waals surface area contributed by atoms with Crippen molar-refractivity contribution >= 4 is 28.4 Å². The van der Waals surface area contributed by atoms with Gasteiger partial charge in [0.1, 0.15) is 6.04 Å². The van der Waals surface area contributed by atoms with Gasteiger partial charge in [0.15, 0.2) is 0 Å². The van der Waals surface area contributed by atoms with Crippen LogP contribution in [0.3, 0.4) is 0 Å². The fraction of sp³-hybridized carbons (Fsp3) is 0.750. The predicted octanol–water partition coefficient (Wildman–Crippen LogP) is 1.47. The number of piperidine rings is 1. The molecule has 0 aliphatic carbocycles. The molecule has 1 aliphatic heterocycles. The van der Waals surface area contributed by atoms with Crippen LogP contribution < -0.4 is 5.32 Å². The van der Waals surface area contributed by atoms with E-state index in [2.05, 4.69) is 26.2 Å². The largest absolute Gasteiger partial charge is 0.312 e. The van der Waals surface area contributed by atoms with Crippen molar-refractivity contribution in [1.82, 2.24) is 5.32 Å². The maximum absolute atomic E-state index is 13.2. The molecule has 2 unspecified atom stereocenters. The molecule has 0 aromatic carbocycles. The summed E-state index contributed by atoms with van der Waals surface area (Å²) in [5.74, 6) is -2.77. The molecule has 1 rings (SSSR count). The number of hydrogen-bond donors (Lipinski definition) is 2. The molecule has 0 saturated carbocycles. The summed E-state index contributed by atoms with van der Waals surface area (Å²) in [4.78, 5) is 3.44. The van der Waals surface area contributed by atoms with Crippen LogP contribution >= 0.6 is 15.9 Å². The normalized spacial score (nSPS) is 28.9. The quantitative estimate of drug-likeness (QED) is 0.591. The van der Waals surface area contributed by atoms with Crippen LogP contribution in [0.25, 0.3) is 0 Å². The van der Waals surface area contributed by atoms with Crippen LogP contribution in [0.4, 0.5) is 8.78 Å². The Labute approximate surface area is 89.6 Å². The van der Waals surface area contributed by atoms with Gasteiger partial charge in [-0.3, -0.25) is 4.99 Å². The highest BCUT2D eigenvalue weighted by Gasteiger charge is 2.41. The van der Waals surface area contributed by atoms with Crippen molar-refractivity contribution in [2.45, 2.75) is 23.2 Å². The molecule has 0 amide bonds. The van der Waals surface area contributed by atoms with Crippen molar-refractivity contribution in [2.75, 3.05) is 13.1 Å². The van der Waals surface area contributed by atoms with Gasteiger partial charge in [-0.25, -0.2) is 8.78 Å². The minimum absolute atomic E-state index is 0.313. The zero-order chi connectivity index (χ0) is 10.6. The molecule has 3 nitrogen and oxygen atoms in total. The maximum atomic E-state index is 13.2. The second kappa shape index (κ2) is 4.93. The van der Waals surface area contributed by atoms with E-state index in [0.717, 1.165) is 6.21 Å². The van der Waals surface area contributed by atoms with Crippen LogP contribution in [-0.4, -0.2) is 42.3 Å². The van der Waals surface area contributed by atoms with Gasteiger partial charge in [0.2, 0.25) is 0 Å². The molecule has 1 aliphatic rings. The highest BCUT2D eigenvalue weighted by atomic mass is 79.9. The Bertz CT molecular complexity index is 233. The van der Waals surface area contributed by atoms with Crippen LogP contribution in [-0.2, 0) is 0 Å². The third-order valence-corrected chi connectivity index (χ3v) is 2.51. The topological polar surface area (TPSA) is 48.2 Å². The number of halogens is 3. The first-order chi connectivity index (χ1) is 6.56. The van der Waals surface area contributed by atoms with Crippen molar-refractivity contribution in [3.05, 3.63) is 0 Å². The third kappa shape index (κ3) is 3.09. The minimum Gasteiger partial charge on any atom is -0.312 e. The average Bonchev–Trinajstić information content (AvgIpc) is 2.15. The summed E-state index contributed by atoms with van der Waals surface area (Å²) in [5, 5.41) is 9.49. The fourth-order valence-corrected chi connectivity index (χ4v) is 1.37. The van der Waals surface area contributed by atoms with Gasteiger partial charge in [-0.2, -0.15) is 0 Å². The van der Waals surface area contributed by atoms with Crippen LogP contribution in [0.2, 0.25) is 0 Å². The fourth-order valence-electron chi connectivity index (χ4n) is 1.24. The number of nitrogens with zero attached hydrogens (tertiary/aromatic N) is 1. The van der Waals surface area contributed by atoms with Crippen LogP contribution in [0.1, 0.15) is 6.42 Å². The number of aliphatic imine (C=N–C) groups is 1. The Balaban J connectivity index is 2.57. The van der Waals surface area contributed by atoms with E-state index >= 15 is 0 Å². The lowest BCUT2D eigenvalue weighted by molar-refractivity contribution is -0.0378. The number of rotatable bonds is 3. The van der Waals surface area contributed by atoms with Crippen molar-refractivity contribution in [3.63, 3.8) is 0 Å². The van der Waals surface area contributed by atoms with Crippen molar-refractivity contribution in [1.29, 1.82) is 5.41 Å². The van der Waals surface area contributed by atoms with E-state index in [1.54, 1.807) is 0 Å². The minimum atomic E-state index is -2.77. The van der Waals surface area contributed by atoms with Crippen molar-refractivity contribution in [2.24, 2.45) is 4.99 Å². The van der Waals surface area contributed by atoms with E-state index in [-0.39, 0.29) is 11.4 Å². The first kappa shape index (κ1) is 11.7. The van der Waals surface area contributed by atoms with Crippen LogP contribution in [0, 0.1) is 5.41 Å². The van der Waals surface area contributed by atoms with Gasteiger partial charge in [0.05, 0.1) is 11.4 Å². The summed E-state index contributed by atoms with van der Waals surface area (Å²) in [6.45, 7) is 0.252. The summed E-state index contributed by atoms with van der Waals surface area (Å²) < 4.78 is 26.3. The van der Waals surface area contributed by atoms with E-state index in [4.69, 9.17) is 5.41 Å². The van der Waals surface area contributed by atoms with E-state index in [0.29, 0.717) is 13.0 Å². The van der Waals surface area contributed by atoms with Gasteiger partial charge in [-0.05, 0) is 13.0 Å². The van der Waals surface area contributed by atoms with Gasteiger partial charge in [-0.1, -0.05) is 15.9 Å². The molecule has 0 radical (unpaired) electrons. The number of alkyl halides is 3. The van der Waals surface area contributed by atoms with E-state index in [1.807, 2.05) is 0 Å². The van der Waals surface area contributed by atoms with Crippen LogP contribution in [0.5, 0.6) is 0 Å². The molecule has 0 bridgehead atoms. The summed E-state index contributed by atoms with van der Waals surface area (Å²) in [7, 11) is 0. The lowest BCUT2D eigenvalue weighted by Gasteiger charge is -2.29. The Morgan fingerprint density at radius 2 is 2.36 bits per heavy atom. The molecule has 0 spiro atoms. The Morgan fingerprint density at radius 1 is 1.64 bits per heavy atom. The molecular formula is C8H12BrF2N3. The Kier molecular flexibility index (Phi) is 4.12. The summed E-state index contributed by atoms with van der Waals surface area (Å²) >= 11 is 3.09. The number of nitrogens with one attached hydrogen (secondary N) is 2. The summed E-state index contributed by atoms with van der Waals surface area (Å²) in [5.41, 5.74) is 0. The zero-order valence-electron chi connectivity index (χ0n) is 7.51. The molecule has 2 atom stereocenters. The molecular weight excluding hydrogens is 256 g/mol. The zero-order valence-corrected chi connectivity index (χ0v) is 9.10. The first-order valence-corrected chi connectivity index (χ1v) is 5.24. The average molecular weight is 268 g/mol. The monoisotopic (exact) mass is 267 g/mol. The van der Waals surface area contributed by atoms with Crippen molar-refractivity contribution < 1.29 is 8.78 Å². The highest BCUT2D eigenvalue weighted by molar-refractivity contribution is 9.10. The molecule has 1 fully saturated rings. The molecule has 6 heteroatoms. The van der Waals surface area contributed by atoms with Gasteiger partial charge in [0, 0.05) is 12.4 Å². The van der Waals surface area contributed by atoms with Gasteiger partial charge in [-0.15, -0.1) is 0 Å². The Morgan fingerprint density at radius 3 is 2.93 bits per heavy atom. The SMILES string of the molecule is N=CC(Br)C=NC1CCNCC1(F)F. The predicted molar refractivity (Wildman–Crippen MR) is 56.2 cm³/mol. The smallest absolute Gasteiger partial charge is 0.282 e. The van der Waals surface area contributed by atoms with Gasteiger partial charge in [0.25, 0.3) is 5.92 Å². The standard InChI is InChI=1S/C8H12BrF2N3/c9-6(3-12)4-14-7-1-2-13-5-8(7,10)11/h3-4,6-7,12-13H,1-2,5H2. The molecule has 2 N–H and O–H groups in total. The second-order valence-corrected chi connectivity index (χ2v) is 4.21. The lowest BCUT2D eigenvalue weighted by atomic mass is 10.0. The molecule has 80 valence electrons. The van der Waals surface area contributed by atoms with Crippen LogP contribution in [0.15, 0.2) is 4.99 Å². The molecule has 0 aromatic rings. The molecule has 1 saturated heterocycles. The third-order valence-electron chi connectivity index (χ3n) is 2.01. The maximum Gasteiger partial charge on any atom is 0.282 e. The molecule has 14 heavy (non-hydrogen) atoms. The second-order valence-electron chi connectivity index (χ2n) is 3.15. The van der Waals surface area contributed by atoms with E-state index in [9.17, 15) is 8.78 Å². The Hall–Kier alpha value is -0.360. The molecule has 1 heterocycles. The van der Waals surface area contributed by atoms with Crippen molar-refractivity contribution in [3.8, 4) is 0 Å². The van der Waals surface area contributed by atoms with E-state index in [1.165, 1.54) is 6.21 Å². The van der Waals surface area contributed by atoms with Gasteiger partial charge >= 0.3 is 0 Å². The van der Waals surface area contributed by atoms with Gasteiger partial charge < -0.3 is 10.7 Å². The molecule has 0 aromatic heterocycles.